The van der Waals surface area contributed by atoms with Gasteiger partial charge in [-0.25, -0.2) is 4.98 Å². The molecule has 0 saturated carbocycles. The Kier molecular flexibility index (Phi) is 6.30. The van der Waals surface area contributed by atoms with E-state index < -0.39 is 6.61 Å². The molecular weight excluding hydrogens is 416 g/mol. The molecule has 0 unspecified atom stereocenters. The van der Waals surface area contributed by atoms with Crippen molar-refractivity contribution in [2.45, 2.75) is 26.7 Å². The Morgan fingerprint density at radius 2 is 1.97 bits per heavy atom. The first-order valence-electron chi connectivity index (χ1n) is 9.96. The number of carbonyl (C=O) groups is 1. The lowest BCUT2D eigenvalue weighted by molar-refractivity contribution is -0.0498. The summed E-state index contributed by atoms with van der Waals surface area (Å²) in [4.78, 5) is 17.3. The number of ether oxygens (including phenoxy) is 2. The summed E-state index contributed by atoms with van der Waals surface area (Å²) in [5.41, 5.74) is 3.66. The molecule has 0 bridgehead atoms. The van der Waals surface area contributed by atoms with Crippen LogP contribution in [-0.4, -0.2) is 21.9 Å². The van der Waals surface area contributed by atoms with Gasteiger partial charge in [0.2, 0.25) is 0 Å². The van der Waals surface area contributed by atoms with Crippen molar-refractivity contribution in [1.29, 1.82) is 0 Å². The first kappa shape index (κ1) is 21.3. The standard InChI is InChI=1S/C24H21F2N3O3/c1-16-6-5-11-29-14-18(28-22(16)29)15-31-21-10-3-2-9-20(21)23(30)27-13-17-7-4-8-19(12-17)32-24(25)26/h2-12,14,24H,13,15H2,1H3,(H,27,30). The number of nitrogens with one attached hydrogen (secondary N) is 1. The van der Waals surface area contributed by atoms with Crippen LogP contribution in [0.2, 0.25) is 0 Å². The first-order chi connectivity index (χ1) is 15.5. The van der Waals surface area contributed by atoms with Crippen LogP contribution in [0, 0.1) is 6.92 Å². The minimum Gasteiger partial charge on any atom is -0.486 e. The number of amides is 1. The van der Waals surface area contributed by atoms with Gasteiger partial charge in [0.25, 0.3) is 5.91 Å². The lowest BCUT2D eigenvalue weighted by Gasteiger charge is -2.12. The minimum atomic E-state index is -2.90. The van der Waals surface area contributed by atoms with Crippen LogP contribution in [0.1, 0.15) is 27.2 Å². The molecule has 32 heavy (non-hydrogen) atoms. The maximum absolute atomic E-state index is 12.7. The van der Waals surface area contributed by atoms with Gasteiger partial charge in [-0.1, -0.05) is 30.3 Å². The zero-order valence-electron chi connectivity index (χ0n) is 17.3. The number of rotatable bonds is 8. The fourth-order valence-corrected chi connectivity index (χ4v) is 3.31. The molecule has 0 aliphatic carbocycles. The zero-order valence-corrected chi connectivity index (χ0v) is 17.3. The van der Waals surface area contributed by atoms with E-state index in [9.17, 15) is 13.6 Å². The molecule has 1 amide bonds. The van der Waals surface area contributed by atoms with E-state index in [1.54, 1.807) is 36.4 Å². The third kappa shape index (κ3) is 5.03. The van der Waals surface area contributed by atoms with E-state index in [0.29, 0.717) is 16.9 Å². The summed E-state index contributed by atoms with van der Waals surface area (Å²) in [6.07, 6.45) is 3.81. The molecule has 0 saturated heterocycles. The van der Waals surface area contributed by atoms with Gasteiger partial charge in [-0.2, -0.15) is 8.78 Å². The average molecular weight is 437 g/mol. The molecule has 0 spiro atoms. The number of pyridine rings is 1. The number of nitrogens with zero attached hydrogens (tertiary/aromatic N) is 2. The Hall–Kier alpha value is -3.94. The van der Waals surface area contributed by atoms with Gasteiger partial charge in [0, 0.05) is 18.9 Å². The summed E-state index contributed by atoms with van der Waals surface area (Å²) >= 11 is 0. The summed E-state index contributed by atoms with van der Waals surface area (Å²) in [6.45, 7) is -0.555. The second kappa shape index (κ2) is 9.47. The molecule has 6 nitrogen and oxygen atoms in total. The van der Waals surface area contributed by atoms with Gasteiger partial charge in [-0.15, -0.1) is 0 Å². The summed E-state index contributed by atoms with van der Waals surface area (Å²) in [6, 6.07) is 17.0. The zero-order chi connectivity index (χ0) is 22.5. The van der Waals surface area contributed by atoms with Crippen molar-refractivity contribution in [2.75, 3.05) is 0 Å². The van der Waals surface area contributed by atoms with Gasteiger partial charge in [-0.3, -0.25) is 4.79 Å². The molecular formula is C24H21F2N3O3. The molecule has 0 aliphatic heterocycles. The summed E-state index contributed by atoms with van der Waals surface area (Å²) in [5, 5.41) is 2.78. The van der Waals surface area contributed by atoms with Crippen molar-refractivity contribution in [3.63, 3.8) is 0 Å². The number of hydrogen-bond acceptors (Lipinski definition) is 4. The second-order valence-electron chi connectivity index (χ2n) is 7.15. The molecule has 8 heteroatoms. The third-order valence-corrected chi connectivity index (χ3v) is 4.81. The predicted molar refractivity (Wildman–Crippen MR) is 115 cm³/mol. The summed E-state index contributed by atoms with van der Waals surface area (Å²) < 4.78 is 37.0. The number of aromatic nitrogens is 2. The van der Waals surface area contributed by atoms with Crippen molar-refractivity contribution < 1.29 is 23.0 Å². The second-order valence-corrected chi connectivity index (χ2v) is 7.15. The fraction of sp³-hybridized carbons (Fsp3) is 0.167. The Labute approximate surface area is 183 Å². The van der Waals surface area contributed by atoms with Crippen LogP contribution in [0.25, 0.3) is 5.65 Å². The third-order valence-electron chi connectivity index (χ3n) is 4.81. The quantitative estimate of drug-likeness (QED) is 0.432. The highest BCUT2D eigenvalue weighted by atomic mass is 19.3. The van der Waals surface area contributed by atoms with Crippen LogP contribution in [0.5, 0.6) is 11.5 Å². The van der Waals surface area contributed by atoms with Crippen LogP contribution in [-0.2, 0) is 13.2 Å². The molecule has 2 aromatic carbocycles. The number of halogens is 2. The lowest BCUT2D eigenvalue weighted by atomic mass is 10.1. The normalized spacial score (nSPS) is 11.0. The van der Waals surface area contributed by atoms with Gasteiger partial charge < -0.3 is 19.2 Å². The Balaban J connectivity index is 1.42. The monoisotopic (exact) mass is 437 g/mol. The van der Waals surface area contributed by atoms with Gasteiger partial charge in [0.1, 0.15) is 23.8 Å². The highest BCUT2D eigenvalue weighted by Gasteiger charge is 2.13. The van der Waals surface area contributed by atoms with Crippen molar-refractivity contribution in [3.05, 3.63) is 95.4 Å². The number of hydrogen-bond donors (Lipinski definition) is 1. The molecule has 0 aliphatic rings. The Bertz CT molecular complexity index is 1240. The van der Waals surface area contributed by atoms with E-state index in [-0.39, 0.29) is 24.8 Å². The Morgan fingerprint density at radius 1 is 1.12 bits per heavy atom. The van der Waals surface area contributed by atoms with E-state index >= 15 is 0 Å². The van der Waals surface area contributed by atoms with E-state index in [2.05, 4.69) is 15.0 Å². The van der Waals surface area contributed by atoms with Gasteiger partial charge in [0.05, 0.1) is 11.3 Å². The number of para-hydroxylation sites is 1. The molecule has 0 atom stereocenters. The van der Waals surface area contributed by atoms with E-state index in [1.165, 1.54) is 12.1 Å². The maximum atomic E-state index is 12.7. The van der Waals surface area contributed by atoms with Gasteiger partial charge in [0.15, 0.2) is 0 Å². The number of benzene rings is 2. The fourth-order valence-electron chi connectivity index (χ4n) is 3.31. The van der Waals surface area contributed by atoms with Crippen molar-refractivity contribution in [1.82, 2.24) is 14.7 Å². The van der Waals surface area contributed by atoms with Crippen LogP contribution in [0.3, 0.4) is 0 Å². The van der Waals surface area contributed by atoms with Crippen molar-refractivity contribution in [2.24, 2.45) is 0 Å². The summed E-state index contributed by atoms with van der Waals surface area (Å²) in [5.74, 6) is 0.123. The molecule has 2 aromatic heterocycles. The number of imidazole rings is 1. The molecule has 0 fully saturated rings. The number of fused-ring (bicyclic) bond motifs is 1. The number of alkyl halides is 2. The molecule has 2 heterocycles. The molecule has 4 rings (SSSR count). The average Bonchev–Trinajstić information content (AvgIpc) is 3.21. The van der Waals surface area contributed by atoms with Gasteiger partial charge >= 0.3 is 6.61 Å². The van der Waals surface area contributed by atoms with Crippen LogP contribution in [0.15, 0.2) is 73.1 Å². The molecule has 4 aromatic rings. The van der Waals surface area contributed by atoms with E-state index in [4.69, 9.17) is 4.74 Å². The topological polar surface area (TPSA) is 64.9 Å². The van der Waals surface area contributed by atoms with Crippen molar-refractivity contribution in [3.8, 4) is 11.5 Å². The lowest BCUT2D eigenvalue weighted by Crippen LogP contribution is -2.23. The van der Waals surface area contributed by atoms with Crippen molar-refractivity contribution >= 4 is 11.6 Å². The minimum absolute atomic E-state index is 0.0400. The smallest absolute Gasteiger partial charge is 0.387 e. The largest absolute Gasteiger partial charge is 0.486 e. The number of carbonyl (C=O) groups excluding carboxylic acids is 1. The summed E-state index contributed by atoms with van der Waals surface area (Å²) in [7, 11) is 0. The highest BCUT2D eigenvalue weighted by molar-refractivity contribution is 5.96. The molecule has 0 radical (unpaired) electrons. The van der Waals surface area contributed by atoms with E-state index in [0.717, 1.165) is 16.9 Å². The molecule has 164 valence electrons. The first-order valence-corrected chi connectivity index (χ1v) is 9.96. The van der Waals surface area contributed by atoms with Gasteiger partial charge in [-0.05, 0) is 48.4 Å². The van der Waals surface area contributed by atoms with Crippen LogP contribution in [0.4, 0.5) is 8.78 Å². The highest BCUT2D eigenvalue weighted by Crippen LogP contribution is 2.21. The van der Waals surface area contributed by atoms with Crippen LogP contribution < -0.4 is 14.8 Å². The maximum Gasteiger partial charge on any atom is 0.387 e. The Morgan fingerprint density at radius 3 is 2.78 bits per heavy atom. The molecule has 1 N–H and O–H groups in total. The number of aryl methyl sites for hydroxylation is 1. The van der Waals surface area contributed by atoms with E-state index in [1.807, 2.05) is 35.9 Å². The SMILES string of the molecule is Cc1cccn2cc(COc3ccccc3C(=O)NCc3cccc(OC(F)F)c3)nc12. The van der Waals surface area contributed by atoms with Crippen LogP contribution >= 0.6 is 0 Å². The predicted octanol–water partition coefficient (Wildman–Crippen LogP) is 4.75.